The van der Waals surface area contributed by atoms with Crippen molar-refractivity contribution in [2.45, 2.75) is 12.6 Å². The quantitative estimate of drug-likeness (QED) is 0.803. The molecule has 0 aliphatic heterocycles. The third kappa shape index (κ3) is 3.03. The fourth-order valence-corrected chi connectivity index (χ4v) is 1.47. The van der Waals surface area contributed by atoms with Crippen LogP contribution < -0.4 is 0 Å². The van der Waals surface area contributed by atoms with Gasteiger partial charge in [0.05, 0.1) is 5.56 Å². The smallest absolute Gasteiger partial charge is 0.245 e. The molecule has 0 unspecified atom stereocenters. The Morgan fingerprint density at radius 1 is 0.882 bits per heavy atom. The molecule has 0 spiro atoms. The van der Waals surface area contributed by atoms with Crippen LogP contribution in [0.4, 0.5) is 13.2 Å². The van der Waals surface area contributed by atoms with E-state index in [2.05, 4.69) is 9.97 Å². The molecule has 17 heavy (non-hydrogen) atoms. The van der Waals surface area contributed by atoms with E-state index in [-0.39, 0.29) is 0 Å². The molecule has 0 bridgehead atoms. The SMILES string of the molecule is FC(F)(F)c1ccc(Cc2cncnc2)cc1. The van der Waals surface area contributed by atoms with Gasteiger partial charge < -0.3 is 0 Å². The Balaban J connectivity index is 2.14. The molecule has 0 aliphatic carbocycles. The number of rotatable bonds is 2. The van der Waals surface area contributed by atoms with Gasteiger partial charge in [-0.1, -0.05) is 12.1 Å². The molecule has 0 N–H and O–H groups in total. The van der Waals surface area contributed by atoms with Crippen molar-refractivity contribution < 1.29 is 13.2 Å². The predicted molar refractivity (Wildman–Crippen MR) is 56.3 cm³/mol. The van der Waals surface area contributed by atoms with Crippen LogP contribution in [0.5, 0.6) is 0 Å². The fraction of sp³-hybridized carbons (Fsp3) is 0.167. The average molecular weight is 238 g/mol. The number of hydrogen-bond acceptors (Lipinski definition) is 2. The van der Waals surface area contributed by atoms with Crippen molar-refractivity contribution in [3.8, 4) is 0 Å². The molecule has 2 nitrogen and oxygen atoms in total. The van der Waals surface area contributed by atoms with Crippen molar-refractivity contribution >= 4 is 0 Å². The molecule has 0 aliphatic rings. The largest absolute Gasteiger partial charge is 0.416 e. The molecule has 1 heterocycles. The number of aromatic nitrogens is 2. The van der Waals surface area contributed by atoms with Gasteiger partial charge in [-0.15, -0.1) is 0 Å². The summed E-state index contributed by atoms with van der Waals surface area (Å²) in [7, 11) is 0. The highest BCUT2D eigenvalue weighted by Crippen LogP contribution is 2.29. The maximum atomic E-state index is 12.3. The summed E-state index contributed by atoms with van der Waals surface area (Å²) >= 11 is 0. The van der Waals surface area contributed by atoms with Gasteiger partial charge in [0.25, 0.3) is 0 Å². The fourth-order valence-electron chi connectivity index (χ4n) is 1.47. The highest BCUT2D eigenvalue weighted by molar-refractivity contribution is 5.28. The van der Waals surface area contributed by atoms with Crippen LogP contribution in [-0.4, -0.2) is 9.97 Å². The molecule has 0 amide bonds. The molecular weight excluding hydrogens is 229 g/mol. The lowest BCUT2D eigenvalue weighted by molar-refractivity contribution is -0.137. The molecule has 1 aromatic carbocycles. The van der Waals surface area contributed by atoms with Gasteiger partial charge in [0.2, 0.25) is 0 Å². The molecule has 88 valence electrons. The van der Waals surface area contributed by atoms with Crippen LogP contribution in [0.1, 0.15) is 16.7 Å². The van der Waals surface area contributed by atoms with Crippen LogP contribution in [0.25, 0.3) is 0 Å². The molecule has 0 saturated heterocycles. The lowest BCUT2D eigenvalue weighted by Crippen LogP contribution is -2.04. The minimum atomic E-state index is -4.28. The van der Waals surface area contributed by atoms with Crippen molar-refractivity contribution in [3.63, 3.8) is 0 Å². The Morgan fingerprint density at radius 2 is 1.47 bits per heavy atom. The summed E-state index contributed by atoms with van der Waals surface area (Å²) in [6, 6.07) is 5.10. The Morgan fingerprint density at radius 3 is 2.00 bits per heavy atom. The van der Waals surface area contributed by atoms with E-state index >= 15 is 0 Å². The van der Waals surface area contributed by atoms with Crippen molar-refractivity contribution in [1.29, 1.82) is 0 Å². The topological polar surface area (TPSA) is 25.8 Å². The maximum Gasteiger partial charge on any atom is 0.416 e. The Hall–Kier alpha value is -1.91. The second-order valence-electron chi connectivity index (χ2n) is 3.62. The van der Waals surface area contributed by atoms with Crippen LogP contribution in [-0.2, 0) is 12.6 Å². The lowest BCUT2D eigenvalue weighted by atomic mass is 10.1. The molecule has 2 rings (SSSR count). The highest BCUT2D eigenvalue weighted by atomic mass is 19.4. The predicted octanol–water partition coefficient (Wildman–Crippen LogP) is 3.09. The summed E-state index contributed by atoms with van der Waals surface area (Å²) in [5.74, 6) is 0. The number of alkyl halides is 3. The lowest BCUT2D eigenvalue weighted by Gasteiger charge is -2.07. The summed E-state index contributed by atoms with van der Waals surface area (Å²) in [4.78, 5) is 7.69. The van der Waals surface area contributed by atoms with Crippen molar-refractivity contribution in [1.82, 2.24) is 9.97 Å². The van der Waals surface area contributed by atoms with E-state index in [1.54, 1.807) is 12.4 Å². The first-order chi connectivity index (χ1) is 8.05. The van der Waals surface area contributed by atoms with E-state index in [1.807, 2.05) is 0 Å². The minimum Gasteiger partial charge on any atom is -0.245 e. The van der Waals surface area contributed by atoms with Crippen molar-refractivity contribution in [2.75, 3.05) is 0 Å². The molecule has 0 saturated carbocycles. The second-order valence-corrected chi connectivity index (χ2v) is 3.62. The zero-order chi connectivity index (χ0) is 12.3. The van der Waals surface area contributed by atoms with Crippen LogP contribution in [0, 0.1) is 0 Å². The Labute approximate surface area is 96.2 Å². The van der Waals surface area contributed by atoms with Gasteiger partial charge in [-0.25, -0.2) is 9.97 Å². The monoisotopic (exact) mass is 238 g/mol. The van der Waals surface area contributed by atoms with Gasteiger partial charge in [-0.2, -0.15) is 13.2 Å². The average Bonchev–Trinajstić information content (AvgIpc) is 2.30. The second kappa shape index (κ2) is 4.53. The molecule has 0 radical (unpaired) electrons. The number of halogens is 3. The standard InChI is InChI=1S/C12H9F3N2/c13-12(14,15)11-3-1-9(2-4-11)5-10-6-16-8-17-7-10/h1-4,6-8H,5H2. The number of nitrogens with zero attached hydrogens (tertiary/aromatic N) is 2. The molecular formula is C12H9F3N2. The van der Waals surface area contributed by atoms with Gasteiger partial charge in [0.1, 0.15) is 6.33 Å². The van der Waals surface area contributed by atoms with E-state index in [1.165, 1.54) is 18.5 Å². The van der Waals surface area contributed by atoms with E-state index in [9.17, 15) is 13.2 Å². The molecule has 5 heteroatoms. The Bertz CT molecular complexity index is 477. The van der Waals surface area contributed by atoms with E-state index < -0.39 is 11.7 Å². The van der Waals surface area contributed by atoms with Crippen molar-refractivity contribution in [2.24, 2.45) is 0 Å². The summed E-state index contributed by atoms with van der Waals surface area (Å²) < 4.78 is 37.0. The van der Waals surface area contributed by atoms with Gasteiger partial charge in [-0.05, 0) is 23.3 Å². The molecule has 2 aromatic rings. The zero-order valence-corrected chi connectivity index (χ0v) is 8.78. The summed E-state index contributed by atoms with van der Waals surface area (Å²) in [6.07, 6.45) is 0.943. The Kier molecular flexibility index (Phi) is 3.08. The van der Waals surface area contributed by atoms with Gasteiger partial charge in [-0.3, -0.25) is 0 Å². The van der Waals surface area contributed by atoms with Crippen LogP contribution >= 0.6 is 0 Å². The zero-order valence-electron chi connectivity index (χ0n) is 8.78. The third-order valence-corrected chi connectivity index (χ3v) is 2.30. The third-order valence-electron chi connectivity index (χ3n) is 2.30. The van der Waals surface area contributed by atoms with Gasteiger partial charge in [0.15, 0.2) is 0 Å². The van der Waals surface area contributed by atoms with Gasteiger partial charge in [0, 0.05) is 18.8 Å². The first-order valence-corrected chi connectivity index (χ1v) is 4.96. The van der Waals surface area contributed by atoms with Crippen LogP contribution in [0.15, 0.2) is 43.0 Å². The van der Waals surface area contributed by atoms with E-state index in [0.29, 0.717) is 6.42 Å². The molecule has 1 aromatic heterocycles. The first kappa shape index (κ1) is 11.6. The summed E-state index contributed by atoms with van der Waals surface area (Å²) in [5, 5.41) is 0. The van der Waals surface area contributed by atoms with Gasteiger partial charge >= 0.3 is 6.18 Å². The first-order valence-electron chi connectivity index (χ1n) is 4.96. The van der Waals surface area contributed by atoms with E-state index in [4.69, 9.17) is 0 Å². The normalized spacial score (nSPS) is 11.5. The summed E-state index contributed by atoms with van der Waals surface area (Å²) in [5.41, 5.74) is 1.03. The molecule has 0 fully saturated rings. The number of benzene rings is 1. The molecule has 0 atom stereocenters. The van der Waals surface area contributed by atoms with Crippen LogP contribution in [0.3, 0.4) is 0 Å². The van der Waals surface area contributed by atoms with Crippen LogP contribution in [0.2, 0.25) is 0 Å². The van der Waals surface area contributed by atoms with Crippen molar-refractivity contribution in [3.05, 3.63) is 59.7 Å². The minimum absolute atomic E-state index is 0.527. The maximum absolute atomic E-state index is 12.3. The number of hydrogen-bond donors (Lipinski definition) is 0. The summed E-state index contributed by atoms with van der Waals surface area (Å²) in [6.45, 7) is 0. The highest BCUT2D eigenvalue weighted by Gasteiger charge is 2.29. The van der Waals surface area contributed by atoms with E-state index in [0.717, 1.165) is 23.3 Å².